The number of esters is 1. The Balaban J connectivity index is 2.45. The van der Waals surface area contributed by atoms with E-state index in [1.54, 1.807) is 6.92 Å². The lowest BCUT2D eigenvalue weighted by molar-refractivity contribution is -0.139. The highest BCUT2D eigenvalue weighted by Gasteiger charge is 2.09. The Morgan fingerprint density at radius 1 is 1.53 bits per heavy atom. The van der Waals surface area contributed by atoms with Crippen molar-refractivity contribution in [3.8, 4) is 11.8 Å². The summed E-state index contributed by atoms with van der Waals surface area (Å²) < 4.78 is 5.04. The van der Waals surface area contributed by atoms with Crippen molar-refractivity contribution in [2.75, 3.05) is 0 Å². The van der Waals surface area contributed by atoms with E-state index in [0.29, 0.717) is 5.92 Å². The third-order valence-electron chi connectivity index (χ3n) is 2.83. The van der Waals surface area contributed by atoms with Gasteiger partial charge in [-0.1, -0.05) is 30.6 Å². The van der Waals surface area contributed by atoms with Crippen LogP contribution in [-0.4, -0.2) is 17.9 Å². The van der Waals surface area contributed by atoms with Crippen molar-refractivity contribution < 1.29 is 14.3 Å². The summed E-state index contributed by atoms with van der Waals surface area (Å²) in [5, 5.41) is 0. The lowest BCUT2D eigenvalue weighted by atomic mass is 9.90. The average molecular weight is 260 g/mol. The number of ketones is 1. The van der Waals surface area contributed by atoms with Gasteiger partial charge in [-0.05, 0) is 38.0 Å². The third-order valence-corrected chi connectivity index (χ3v) is 2.83. The molecule has 1 rings (SSSR count). The molecule has 0 amide bonds. The van der Waals surface area contributed by atoms with E-state index in [0.717, 1.165) is 12.8 Å². The summed E-state index contributed by atoms with van der Waals surface area (Å²) in [6.45, 7) is 5.22. The van der Waals surface area contributed by atoms with E-state index < -0.39 is 12.1 Å². The van der Waals surface area contributed by atoms with Crippen LogP contribution in [0.3, 0.4) is 0 Å². The fourth-order valence-electron chi connectivity index (χ4n) is 1.90. The predicted molar refractivity (Wildman–Crippen MR) is 74.2 cm³/mol. The largest absolute Gasteiger partial charge is 0.446 e. The van der Waals surface area contributed by atoms with Gasteiger partial charge in [-0.15, -0.1) is 0 Å². The van der Waals surface area contributed by atoms with E-state index in [1.165, 1.54) is 25.0 Å². The first-order valence-electron chi connectivity index (χ1n) is 6.57. The summed E-state index contributed by atoms with van der Waals surface area (Å²) in [5.74, 6) is 4.93. The minimum Gasteiger partial charge on any atom is -0.446 e. The van der Waals surface area contributed by atoms with Crippen LogP contribution in [-0.2, 0) is 14.3 Å². The van der Waals surface area contributed by atoms with Gasteiger partial charge in [0.15, 0.2) is 6.10 Å². The molecule has 0 aliphatic heterocycles. The van der Waals surface area contributed by atoms with Crippen LogP contribution >= 0.6 is 0 Å². The zero-order valence-corrected chi connectivity index (χ0v) is 11.7. The van der Waals surface area contributed by atoms with Gasteiger partial charge in [0.25, 0.3) is 0 Å². The monoisotopic (exact) mass is 260 g/mol. The van der Waals surface area contributed by atoms with E-state index in [-0.39, 0.29) is 5.78 Å². The Morgan fingerprint density at radius 2 is 2.26 bits per heavy atom. The van der Waals surface area contributed by atoms with Gasteiger partial charge in [-0.25, -0.2) is 4.79 Å². The van der Waals surface area contributed by atoms with Crippen molar-refractivity contribution in [1.29, 1.82) is 0 Å². The van der Waals surface area contributed by atoms with E-state index >= 15 is 0 Å². The quantitative estimate of drug-likeness (QED) is 0.339. The number of carbonyl (C=O) groups excluding carboxylic acids is 2. The van der Waals surface area contributed by atoms with Crippen LogP contribution in [0.1, 0.15) is 40.0 Å². The van der Waals surface area contributed by atoms with Gasteiger partial charge in [-0.3, -0.25) is 4.79 Å². The van der Waals surface area contributed by atoms with Gasteiger partial charge >= 0.3 is 5.97 Å². The van der Waals surface area contributed by atoms with Gasteiger partial charge in [0.05, 0.1) is 0 Å². The van der Waals surface area contributed by atoms with Gasteiger partial charge in [-0.2, -0.15) is 0 Å². The molecule has 2 atom stereocenters. The molecule has 0 heterocycles. The molecule has 0 aromatic carbocycles. The minimum absolute atomic E-state index is 0.236. The van der Waals surface area contributed by atoms with Crippen LogP contribution in [0.25, 0.3) is 0 Å². The van der Waals surface area contributed by atoms with Crippen molar-refractivity contribution in [2.24, 2.45) is 5.92 Å². The fraction of sp³-hybridized carbons (Fsp3) is 0.500. The zero-order valence-electron chi connectivity index (χ0n) is 11.7. The summed E-state index contributed by atoms with van der Waals surface area (Å²) in [4.78, 5) is 22.2. The van der Waals surface area contributed by atoms with Crippen molar-refractivity contribution in [1.82, 2.24) is 0 Å². The summed E-state index contributed by atoms with van der Waals surface area (Å²) in [5.41, 5.74) is 1.18. The molecule has 0 saturated carbocycles. The molecule has 19 heavy (non-hydrogen) atoms. The molecule has 102 valence electrons. The van der Waals surface area contributed by atoms with Crippen LogP contribution in [0, 0.1) is 17.8 Å². The molecule has 0 bridgehead atoms. The topological polar surface area (TPSA) is 43.4 Å². The first-order valence-corrected chi connectivity index (χ1v) is 6.57. The first-order chi connectivity index (χ1) is 8.97. The van der Waals surface area contributed by atoms with Crippen molar-refractivity contribution in [3.05, 3.63) is 23.8 Å². The summed E-state index contributed by atoms with van der Waals surface area (Å²) >= 11 is 0. The van der Waals surface area contributed by atoms with Gasteiger partial charge < -0.3 is 4.74 Å². The van der Waals surface area contributed by atoms with E-state index in [4.69, 9.17) is 4.74 Å². The van der Waals surface area contributed by atoms with Crippen LogP contribution in [0.4, 0.5) is 0 Å². The highest BCUT2D eigenvalue weighted by atomic mass is 16.5. The Bertz CT molecular complexity index is 460. The number of Topliss-reactive ketones (excluding diaryl/α,β-unsaturated/α-hetero) is 1. The third kappa shape index (κ3) is 6.61. The second-order valence-electron chi connectivity index (χ2n) is 4.90. The number of hydrogen-bond acceptors (Lipinski definition) is 3. The molecule has 0 spiro atoms. The molecule has 3 heteroatoms. The lowest BCUT2D eigenvalue weighted by Crippen LogP contribution is -2.11. The van der Waals surface area contributed by atoms with Crippen LogP contribution in [0.15, 0.2) is 23.8 Å². The molecular formula is C16H20O3. The number of allylic oxidation sites excluding steroid dienone is 3. The average Bonchev–Trinajstić information content (AvgIpc) is 2.34. The molecule has 0 N–H and O–H groups in total. The second kappa shape index (κ2) is 7.58. The highest BCUT2D eigenvalue weighted by Crippen LogP contribution is 2.23. The molecule has 3 nitrogen and oxygen atoms in total. The molecule has 0 fully saturated rings. The maximum atomic E-state index is 11.5. The molecule has 0 aromatic heterocycles. The number of ether oxygens (including phenoxy) is 1. The molecule has 0 radical (unpaired) electrons. The van der Waals surface area contributed by atoms with E-state index in [9.17, 15) is 9.59 Å². The molecule has 0 unspecified atom stereocenters. The van der Waals surface area contributed by atoms with E-state index in [1.807, 2.05) is 6.08 Å². The Labute approximate surface area is 114 Å². The van der Waals surface area contributed by atoms with Crippen molar-refractivity contribution >= 4 is 11.8 Å². The highest BCUT2D eigenvalue weighted by molar-refractivity contribution is 5.93. The predicted octanol–water partition coefficient (Wildman–Crippen LogP) is 2.81. The maximum Gasteiger partial charge on any atom is 0.331 e. The molecule has 1 aliphatic rings. The lowest BCUT2D eigenvalue weighted by Gasteiger charge is -2.16. The summed E-state index contributed by atoms with van der Waals surface area (Å²) in [6.07, 6.45) is 8.10. The first kappa shape index (κ1) is 15.2. The minimum atomic E-state index is -0.569. The van der Waals surface area contributed by atoms with Gasteiger partial charge in [0, 0.05) is 13.0 Å². The number of carbonyl (C=O) groups is 2. The molecule has 0 aromatic rings. The summed E-state index contributed by atoms with van der Waals surface area (Å²) in [6, 6.07) is 0. The standard InChI is InChI=1S/C16H20O3/c1-12-5-4-6-15(11-12)9-10-16(18)19-14(3)8-7-13(2)17/h6,9-10,12,14H,4-5,11H2,1-3H3/b10-9+/t12-,14-/m1/s1. The maximum absolute atomic E-state index is 11.5. The second-order valence-corrected chi connectivity index (χ2v) is 4.90. The molecular weight excluding hydrogens is 240 g/mol. The van der Waals surface area contributed by atoms with Crippen LogP contribution < -0.4 is 0 Å². The Hall–Kier alpha value is -1.82. The number of hydrogen-bond donors (Lipinski definition) is 0. The SMILES string of the molecule is CC(=O)C#C[C@@H](C)OC(=O)/C=C/C1=CCC[C@@H](C)C1. The fourth-order valence-corrected chi connectivity index (χ4v) is 1.90. The van der Waals surface area contributed by atoms with Gasteiger partial charge in [0.2, 0.25) is 5.78 Å². The smallest absolute Gasteiger partial charge is 0.331 e. The number of rotatable bonds is 3. The van der Waals surface area contributed by atoms with Crippen LogP contribution in [0.5, 0.6) is 0 Å². The van der Waals surface area contributed by atoms with Crippen LogP contribution in [0.2, 0.25) is 0 Å². The Kier molecular flexibility index (Phi) is 6.08. The molecule has 1 aliphatic carbocycles. The van der Waals surface area contributed by atoms with E-state index in [2.05, 4.69) is 24.8 Å². The normalized spacial score (nSPS) is 20.2. The summed E-state index contributed by atoms with van der Waals surface area (Å²) in [7, 11) is 0. The zero-order chi connectivity index (χ0) is 14.3. The van der Waals surface area contributed by atoms with Gasteiger partial charge in [0.1, 0.15) is 0 Å². The molecule has 0 saturated heterocycles. The van der Waals surface area contributed by atoms with Crippen molar-refractivity contribution in [2.45, 2.75) is 46.1 Å². The van der Waals surface area contributed by atoms with Crippen molar-refractivity contribution in [3.63, 3.8) is 0 Å². The Morgan fingerprint density at radius 3 is 2.89 bits per heavy atom.